The molecular formula is C17H19NO3S2. The van der Waals surface area contributed by atoms with Crippen LogP contribution in [0.5, 0.6) is 0 Å². The van der Waals surface area contributed by atoms with Gasteiger partial charge in [-0.15, -0.1) is 11.3 Å². The third-order valence-electron chi connectivity index (χ3n) is 4.30. The number of ketones is 1. The summed E-state index contributed by atoms with van der Waals surface area (Å²) in [7, 11) is -3.47. The zero-order valence-corrected chi connectivity index (χ0v) is 14.6. The first-order valence-electron chi connectivity index (χ1n) is 7.63. The molecule has 0 aliphatic carbocycles. The van der Waals surface area contributed by atoms with Crippen LogP contribution in [-0.2, 0) is 10.0 Å². The van der Waals surface area contributed by atoms with Gasteiger partial charge in [0.05, 0.1) is 9.77 Å². The first-order valence-corrected chi connectivity index (χ1v) is 9.95. The number of rotatable bonds is 4. The lowest BCUT2D eigenvalue weighted by Crippen LogP contribution is -2.40. The summed E-state index contributed by atoms with van der Waals surface area (Å²) >= 11 is 1.45. The number of thiophene rings is 1. The predicted molar refractivity (Wildman–Crippen MR) is 91.3 cm³/mol. The van der Waals surface area contributed by atoms with Crippen molar-refractivity contribution in [2.75, 3.05) is 13.1 Å². The Bertz CT molecular complexity index is 789. The van der Waals surface area contributed by atoms with E-state index in [1.165, 1.54) is 15.6 Å². The molecule has 23 heavy (non-hydrogen) atoms. The fourth-order valence-corrected chi connectivity index (χ4v) is 5.40. The van der Waals surface area contributed by atoms with Gasteiger partial charge in [-0.25, -0.2) is 8.42 Å². The Morgan fingerprint density at radius 2 is 1.83 bits per heavy atom. The van der Waals surface area contributed by atoms with E-state index >= 15 is 0 Å². The van der Waals surface area contributed by atoms with E-state index < -0.39 is 10.0 Å². The molecular weight excluding hydrogens is 330 g/mol. The highest BCUT2D eigenvalue weighted by Crippen LogP contribution is 2.28. The summed E-state index contributed by atoms with van der Waals surface area (Å²) < 4.78 is 27.0. The maximum Gasteiger partial charge on any atom is 0.243 e. The van der Waals surface area contributed by atoms with E-state index in [2.05, 4.69) is 0 Å². The largest absolute Gasteiger partial charge is 0.293 e. The van der Waals surface area contributed by atoms with Crippen LogP contribution in [0.15, 0.2) is 46.7 Å². The second kappa shape index (κ2) is 6.55. The van der Waals surface area contributed by atoms with Gasteiger partial charge in [0.2, 0.25) is 10.0 Å². The van der Waals surface area contributed by atoms with E-state index in [4.69, 9.17) is 0 Å². The Balaban J connectivity index is 1.72. The van der Waals surface area contributed by atoms with Gasteiger partial charge in [0, 0.05) is 19.0 Å². The number of Topliss-reactive ketones (excluding diaryl/α,β-unsaturated/α-hetero) is 1. The highest BCUT2D eigenvalue weighted by atomic mass is 32.2. The van der Waals surface area contributed by atoms with Gasteiger partial charge in [0.25, 0.3) is 0 Å². The number of benzene rings is 1. The topological polar surface area (TPSA) is 54.5 Å². The molecule has 1 saturated heterocycles. The highest BCUT2D eigenvalue weighted by Gasteiger charge is 2.33. The molecule has 1 aliphatic heterocycles. The zero-order chi connectivity index (χ0) is 16.4. The van der Waals surface area contributed by atoms with Crippen molar-refractivity contribution in [3.63, 3.8) is 0 Å². The SMILES string of the molecule is Cc1ccccc1S(=O)(=O)N1CCC(C(=O)c2cccs2)CC1. The molecule has 3 rings (SSSR count). The lowest BCUT2D eigenvalue weighted by atomic mass is 9.93. The van der Waals surface area contributed by atoms with Crippen molar-refractivity contribution in [1.82, 2.24) is 4.31 Å². The van der Waals surface area contributed by atoms with Crippen LogP contribution >= 0.6 is 11.3 Å². The molecule has 0 N–H and O–H groups in total. The van der Waals surface area contributed by atoms with Gasteiger partial charge < -0.3 is 0 Å². The molecule has 6 heteroatoms. The molecule has 0 radical (unpaired) electrons. The van der Waals surface area contributed by atoms with E-state index in [-0.39, 0.29) is 11.7 Å². The Hall–Kier alpha value is -1.50. The molecule has 1 aromatic carbocycles. The van der Waals surface area contributed by atoms with Crippen LogP contribution in [0.4, 0.5) is 0 Å². The second-order valence-electron chi connectivity index (χ2n) is 5.79. The minimum Gasteiger partial charge on any atom is -0.293 e. The summed E-state index contributed by atoms with van der Waals surface area (Å²) in [6, 6.07) is 10.7. The first-order chi connectivity index (χ1) is 11.0. The molecule has 0 atom stereocenters. The lowest BCUT2D eigenvalue weighted by Gasteiger charge is -2.30. The van der Waals surface area contributed by atoms with E-state index in [1.54, 1.807) is 25.1 Å². The van der Waals surface area contributed by atoms with E-state index in [0.717, 1.165) is 10.4 Å². The van der Waals surface area contributed by atoms with Crippen molar-refractivity contribution >= 4 is 27.1 Å². The summed E-state index contributed by atoms with van der Waals surface area (Å²) in [6.45, 7) is 2.61. The summed E-state index contributed by atoms with van der Waals surface area (Å²) in [4.78, 5) is 13.5. The van der Waals surface area contributed by atoms with Crippen molar-refractivity contribution in [1.29, 1.82) is 0 Å². The maximum atomic E-state index is 12.8. The zero-order valence-electron chi connectivity index (χ0n) is 12.9. The average molecular weight is 349 g/mol. The fourth-order valence-electron chi connectivity index (χ4n) is 2.96. The maximum absolute atomic E-state index is 12.8. The number of sulfonamides is 1. The summed E-state index contributed by atoms with van der Waals surface area (Å²) in [5.41, 5.74) is 0.754. The molecule has 0 saturated carbocycles. The number of hydrogen-bond donors (Lipinski definition) is 0. The van der Waals surface area contributed by atoms with Crippen LogP contribution in [0, 0.1) is 12.8 Å². The molecule has 2 aromatic rings. The Labute approximate surface area is 140 Å². The van der Waals surface area contributed by atoms with Crippen LogP contribution < -0.4 is 0 Å². The summed E-state index contributed by atoms with van der Waals surface area (Å²) in [5.74, 6) is 0.0740. The molecule has 0 spiro atoms. The number of nitrogens with zero attached hydrogens (tertiary/aromatic N) is 1. The highest BCUT2D eigenvalue weighted by molar-refractivity contribution is 7.89. The van der Waals surface area contributed by atoms with Crippen LogP contribution in [0.1, 0.15) is 28.1 Å². The molecule has 0 unspecified atom stereocenters. The quantitative estimate of drug-likeness (QED) is 0.796. The number of piperidine rings is 1. The van der Waals surface area contributed by atoms with Gasteiger partial charge in [-0.05, 0) is 42.8 Å². The van der Waals surface area contributed by atoms with Crippen molar-refractivity contribution in [2.45, 2.75) is 24.7 Å². The molecule has 1 fully saturated rings. The normalized spacial score (nSPS) is 17.3. The van der Waals surface area contributed by atoms with Crippen LogP contribution in [0.2, 0.25) is 0 Å². The van der Waals surface area contributed by atoms with Gasteiger partial charge in [-0.2, -0.15) is 4.31 Å². The van der Waals surface area contributed by atoms with Gasteiger partial charge in [0.1, 0.15) is 0 Å². The van der Waals surface area contributed by atoms with Crippen LogP contribution in [0.25, 0.3) is 0 Å². The van der Waals surface area contributed by atoms with Crippen molar-refractivity contribution in [2.24, 2.45) is 5.92 Å². The Morgan fingerprint density at radius 1 is 1.13 bits per heavy atom. The predicted octanol–water partition coefficient (Wildman–Crippen LogP) is 3.34. The fraction of sp³-hybridized carbons (Fsp3) is 0.353. The Kier molecular flexibility index (Phi) is 4.66. The van der Waals surface area contributed by atoms with E-state index in [1.807, 2.05) is 23.6 Å². The number of hydrogen-bond acceptors (Lipinski definition) is 4. The van der Waals surface area contributed by atoms with Gasteiger partial charge in [0.15, 0.2) is 5.78 Å². The van der Waals surface area contributed by atoms with Gasteiger partial charge in [-0.1, -0.05) is 24.3 Å². The average Bonchev–Trinajstić information content (AvgIpc) is 3.09. The summed E-state index contributed by atoms with van der Waals surface area (Å²) in [5, 5.41) is 1.89. The lowest BCUT2D eigenvalue weighted by molar-refractivity contribution is 0.0879. The molecule has 4 nitrogen and oxygen atoms in total. The van der Waals surface area contributed by atoms with Crippen LogP contribution in [0.3, 0.4) is 0 Å². The van der Waals surface area contributed by atoms with Gasteiger partial charge >= 0.3 is 0 Å². The van der Waals surface area contributed by atoms with E-state index in [0.29, 0.717) is 30.8 Å². The van der Waals surface area contributed by atoms with Crippen molar-refractivity contribution in [3.8, 4) is 0 Å². The third-order valence-corrected chi connectivity index (χ3v) is 7.24. The summed E-state index contributed by atoms with van der Waals surface area (Å²) in [6.07, 6.45) is 1.17. The van der Waals surface area contributed by atoms with Crippen LogP contribution in [-0.4, -0.2) is 31.6 Å². The number of carbonyl (C=O) groups is 1. The van der Waals surface area contributed by atoms with Gasteiger partial charge in [-0.3, -0.25) is 4.79 Å². The molecule has 0 bridgehead atoms. The monoisotopic (exact) mass is 349 g/mol. The molecule has 2 heterocycles. The first kappa shape index (κ1) is 16.4. The number of aryl methyl sites for hydroxylation is 1. The molecule has 122 valence electrons. The van der Waals surface area contributed by atoms with E-state index in [9.17, 15) is 13.2 Å². The third kappa shape index (κ3) is 3.24. The molecule has 1 aliphatic rings. The minimum atomic E-state index is -3.47. The smallest absolute Gasteiger partial charge is 0.243 e. The molecule has 0 amide bonds. The minimum absolute atomic E-state index is 0.0722. The van der Waals surface area contributed by atoms with Crippen molar-refractivity contribution in [3.05, 3.63) is 52.2 Å². The Morgan fingerprint density at radius 3 is 2.43 bits per heavy atom. The van der Waals surface area contributed by atoms with Crippen molar-refractivity contribution < 1.29 is 13.2 Å². The molecule has 1 aromatic heterocycles. The second-order valence-corrected chi connectivity index (χ2v) is 8.64. The standard InChI is InChI=1S/C17H19NO3S2/c1-13-5-2-3-7-16(13)23(20,21)18-10-8-14(9-11-18)17(19)15-6-4-12-22-15/h2-7,12,14H,8-11H2,1H3. The number of carbonyl (C=O) groups excluding carboxylic acids is 1.